The van der Waals surface area contributed by atoms with Crippen molar-refractivity contribution in [2.75, 3.05) is 20.6 Å². The standard InChI is InChI=1S/C16H24N2O6S/c1-11-14(25(22,23)17(2)3)10-13(24-11)16(21)18-9-5-4-6-12(18)7-8-15(19)20/h10,12H,4-9H2,1-3H3,(H,19,20). The van der Waals surface area contributed by atoms with Crippen molar-refractivity contribution in [1.82, 2.24) is 9.21 Å². The van der Waals surface area contributed by atoms with Gasteiger partial charge in [-0.2, -0.15) is 0 Å². The second-order valence-electron chi connectivity index (χ2n) is 6.40. The van der Waals surface area contributed by atoms with Crippen LogP contribution in [0, 0.1) is 6.92 Å². The Labute approximate surface area is 147 Å². The molecule has 2 heterocycles. The summed E-state index contributed by atoms with van der Waals surface area (Å²) in [4.78, 5) is 25.2. The fourth-order valence-electron chi connectivity index (χ4n) is 3.02. The Morgan fingerprint density at radius 1 is 1.36 bits per heavy atom. The molecule has 0 saturated carbocycles. The lowest BCUT2D eigenvalue weighted by Gasteiger charge is -2.35. The van der Waals surface area contributed by atoms with Crippen LogP contribution >= 0.6 is 0 Å². The molecule has 1 aromatic rings. The number of nitrogens with zero attached hydrogens (tertiary/aromatic N) is 2. The van der Waals surface area contributed by atoms with Crippen molar-refractivity contribution in [3.05, 3.63) is 17.6 Å². The van der Waals surface area contributed by atoms with Crippen LogP contribution in [-0.2, 0) is 14.8 Å². The summed E-state index contributed by atoms with van der Waals surface area (Å²) in [6, 6.07) is 1.09. The summed E-state index contributed by atoms with van der Waals surface area (Å²) in [5.41, 5.74) is 0. The number of carbonyl (C=O) groups excluding carboxylic acids is 1. The van der Waals surface area contributed by atoms with Crippen molar-refractivity contribution in [1.29, 1.82) is 0 Å². The van der Waals surface area contributed by atoms with E-state index in [1.54, 1.807) is 4.90 Å². The molecule has 0 aliphatic carbocycles. The molecule has 0 radical (unpaired) electrons. The van der Waals surface area contributed by atoms with Crippen LogP contribution in [0.15, 0.2) is 15.4 Å². The van der Waals surface area contributed by atoms with Crippen molar-refractivity contribution in [3.63, 3.8) is 0 Å². The predicted molar refractivity (Wildman–Crippen MR) is 89.9 cm³/mol. The highest BCUT2D eigenvalue weighted by atomic mass is 32.2. The zero-order chi connectivity index (χ0) is 18.8. The van der Waals surface area contributed by atoms with E-state index < -0.39 is 21.9 Å². The highest BCUT2D eigenvalue weighted by Crippen LogP contribution is 2.27. The van der Waals surface area contributed by atoms with Crippen molar-refractivity contribution < 1.29 is 27.5 Å². The fraction of sp³-hybridized carbons (Fsp3) is 0.625. The average Bonchev–Trinajstić information content (AvgIpc) is 2.95. The third-order valence-corrected chi connectivity index (χ3v) is 6.34. The molecule has 1 fully saturated rings. The lowest BCUT2D eigenvalue weighted by Crippen LogP contribution is -2.43. The summed E-state index contributed by atoms with van der Waals surface area (Å²) < 4.78 is 31.1. The number of piperidine rings is 1. The van der Waals surface area contributed by atoms with Crippen LogP contribution in [0.1, 0.15) is 48.4 Å². The topological polar surface area (TPSA) is 108 Å². The molecule has 1 aromatic heterocycles. The van der Waals surface area contributed by atoms with Crippen molar-refractivity contribution in [2.45, 2.75) is 50.0 Å². The van der Waals surface area contributed by atoms with E-state index >= 15 is 0 Å². The molecule has 1 unspecified atom stereocenters. The number of hydrogen-bond donors (Lipinski definition) is 1. The van der Waals surface area contributed by atoms with Crippen LogP contribution in [0.25, 0.3) is 0 Å². The molecule has 2 rings (SSSR count). The van der Waals surface area contributed by atoms with Crippen LogP contribution in [0.2, 0.25) is 0 Å². The Hall–Kier alpha value is -1.87. The monoisotopic (exact) mass is 372 g/mol. The Balaban J connectivity index is 2.25. The molecule has 9 heteroatoms. The summed E-state index contributed by atoms with van der Waals surface area (Å²) in [6.45, 7) is 2.02. The van der Waals surface area contributed by atoms with Gasteiger partial charge in [0.2, 0.25) is 10.0 Å². The smallest absolute Gasteiger partial charge is 0.303 e. The zero-order valence-electron chi connectivity index (χ0n) is 14.7. The van der Waals surface area contributed by atoms with Gasteiger partial charge in [-0.3, -0.25) is 9.59 Å². The van der Waals surface area contributed by atoms with E-state index in [-0.39, 0.29) is 28.9 Å². The number of sulfonamides is 1. The predicted octanol–water partition coefficient (Wildman–Crippen LogP) is 1.70. The molecular weight excluding hydrogens is 348 g/mol. The third-order valence-electron chi connectivity index (χ3n) is 4.42. The number of carbonyl (C=O) groups is 2. The molecule has 1 aliphatic rings. The summed E-state index contributed by atoms with van der Waals surface area (Å²) in [6.07, 6.45) is 2.88. The third kappa shape index (κ3) is 4.21. The van der Waals surface area contributed by atoms with Gasteiger partial charge in [-0.25, -0.2) is 12.7 Å². The van der Waals surface area contributed by atoms with E-state index in [1.165, 1.54) is 27.1 Å². The van der Waals surface area contributed by atoms with Crippen LogP contribution in [0.4, 0.5) is 0 Å². The van der Waals surface area contributed by atoms with Gasteiger partial charge in [0.25, 0.3) is 5.91 Å². The highest BCUT2D eigenvalue weighted by molar-refractivity contribution is 7.89. The number of amides is 1. The van der Waals surface area contributed by atoms with Crippen LogP contribution in [0.5, 0.6) is 0 Å². The lowest BCUT2D eigenvalue weighted by atomic mass is 9.97. The van der Waals surface area contributed by atoms with Crippen molar-refractivity contribution in [2.24, 2.45) is 0 Å². The molecule has 1 saturated heterocycles. The molecule has 0 aromatic carbocycles. The first-order valence-corrected chi connectivity index (χ1v) is 9.64. The largest absolute Gasteiger partial charge is 0.481 e. The van der Waals surface area contributed by atoms with Gasteiger partial charge >= 0.3 is 5.97 Å². The number of hydrogen-bond acceptors (Lipinski definition) is 5. The molecular formula is C16H24N2O6S. The highest BCUT2D eigenvalue weighted by Gasteiger charge is 2.32. The second-order valence-corrected chi connectivity index (χ2v) is 8.52. The van der Waals surface area contributed by atoms with Gasteiger partial charge in [-0.05, 0) is 32.6 Å². The van der Waals surface area contributed by atoms with Crippen molar-refractivity contribution in [3.8, 4) is 0 Å². The van der Waals surface area contributed by atoms with E-state index in [0.29, 0.717) is 13.0 Å². The van der Waals surface area contributed by atoms with E-state index in [4.69, 9.17) is 9.52 Å². The summed E-state index contributed by atoms with van der Waals surface area (Å²) >= 11 is 0. The van der Waals surface area contributed by atoms with Gasteiger partial charge < -0.3 is 14.4 Å². The van der Waals surface area contributed by atoms with Gasteiger partial charge in [-0.1, -0.05) is 0 Å². The number of aryl methyl sites for hydroxylation is 1. The number of furan rings is 1. The molecule has 1 aliphatic heterocycles. The minimum absolute atomic E-state index is 0.00805. The minimum Gasteiger partial charge on any atom is -0.481 e. The maximum absolute atomic E-state index is 12.8. The normalized spacial score (nSPS) is 18.6. The molecule has 0 spiro atoms. The van der Waals surface area contributed by atoms with Gasteiger partial charge in [0.05, 0.1) is 0 Å². The van der Waals surface area contributed by atoms with E-state index in [2.05, 4.69) is 0 Å². The Morgan fingerprint density at radius 3 is 2.64 bits per heavy atom. The molecule has 25 heavy (non-hydrogen) atoms. The van der Waals surface area contributed by atoms with E-state index in [0.717, 1.165) is 23.6 Å². The molecule has 0 bridgehead atoms. The molecule has 1 atom stereocenters. The second kappa shape index (κ2) is 7.57. The molecule has 1 amide bonds. The van der Waals surface area contributed by atoms with Gasteiger partial charge in [0.1, 0.15) is 10.7 Å². The maximum Gasteiger partial charge on any atom is 0.303 e. The number of rotatable bonds is 6. The number of carboxylic acids is 1. The number of likely N-dealkylation sites (tertiary alicyclic amines) is 1. The van der Waals surface area contributed by atoms with Crippen LogP contribution < -0.4 is 0 Å². The van der Waals surface area contributed by atoms with Gasteiger partial charge in [0, 0.05) is 39.2 Å². The summed E-state index contributed by atoms with van der Waals surface area (Å²) in [5.74, 6) is -1.15. The first-order chi connectivity index (χ1) is 11.6. The summed E-state index contributed by atoms with van der Waals surface area (Å²) in [7, 11) is -0.870. The van der Waals surface area contributed by atoms with E-state index in [1.807, 2.05) is 0 Å². The first kappa shape index (κ1) is 19.5. The molecule has 8 nitrogen and oxygen atoms in total. The minimum atomic E-state index is -3.69. The Bertz CT molecular complexity index is 753. The fourth-order valence-corrected chi connectivity index (χ4v) is 4.08. The Kier molecular flexibility index (Phi) is 5.89. The van der Waals surface area contributed by atoms with Crippen LogP contribution in [0.3, 0.4) is 0 Å². The number of aliphatic carboxylic acids is 1. The van der Waals surface area contributed by atoms with E-state index in [9.17, 15) is 18.0 Å². The van der Waals surface area contributed by atoms with Crippen LogP contribution in [-0.4, -0.2) is 61.3 Å². The van der Waals surface area contributed by atoms with Gasteiger partial charge in [-0.15, -0.1) is 0 Å². The Morgan fingerprint density at radius 2 is 2.04 bits per heavy atom. The zero-order valence-corrected chi connectivity index (χ0v) is 15.5. The lowest BCUT2D eigenvalue weighted by molar-refractivity contribution is -0.137. The quantitative estimate of drug-likeness (QED) is 0.814. The average molecular weight is 372 g/mol. The first-order valence-electron chi connectivity index (χ1n) is 8.20. The van der Waals surface area contributed by atoms with Crippen molar-refractivity contribution >= 4 is 21.9 Å². The molecule has 1 N–H and O–H groups in total. The summed E-state index contributed by atoms with van der Waals surface area (Å²) in [5, 5.41) is 8.87. The van der Waals surface area contributed by atoms with Gasteiger partial charge in [0.15, 0.2) is 5.76 Å². The maximum atomic E-state index is 12.8. The SMILES string of the molecule is Cc1oc(C(=O)N2CCCCC2CCC(=O)O)cc1S(=O)(=O)N(C)C. The molecule has 140 valence electrons. The number of carboxylic acid groups (broad SMARTS) is 1.